The molecule has 1 aliphatic carbocycles. The third kappa shape index (κ3) is 4.94. The highest BCUT2D eigenvalue weighted by molar-refractivity contribution is 5.92. The van der Waals surface area contributed by atoms with Crippen LogP contribution in [0.15, 0.2) is 67.0 Å². The predicted octanol–water partition coefficient (Wildman–Crippen LogP) is 7.76. The van der Waals surface area contributed by atoms with Crippen LogP contribution in [0.5, 0.6) is 11.5 Å². The van der Waals surface area contributed by atoms with Crippen molar-refractivity contribution in [3.8, 4) is 11.5 Å². The summed E-state index contributed by atoms with van der Waals surface area (Å²) in [7, 11) is 0. The molecule has 0 radical (unpaired) electrons. The first-order chi connectivity index (χ1) is 21.9. The van der Waals surface area contributed by atoms with E-state index >= 15 is 0 Å². The molecule has 1 saturated carbocycles. The van der Waals surface area contributed by atoms with Gasteiger partial charge in [0.1, 0.15) is 22.7 Å². The van der Waals surface area contributed by atoms with Crippen molar-refractivity contribution < 1.29 is 20.1 Å². The second kappa shape index (κ2) is 10.8. The Morgan fingerprint density at radius 1 is 1.14 bits per heavy atom. The lowest BCUT2D eigenvalue weighted by Gasteiger charge is -2.56. The van der Waals surface area contributed by atoms with Gasteiger partial charge in [-0.15, -0.1) is 0 Å². The number of carboxylic acid groups (broad SMARTS) is 1. The van der Waals surface area contributed by atoms with Crippen LogP contribution in [-0.2, 0) is 0 Å². The van der Waals surface area contributed by atoms with Gasteiger partial charge in [-0.25, -0.2) is 9.78 Å². The fourth-order valence-corrected chi connectivity index (χ4v) is 7.17. The summed E-state index contributed by atoms with van der Waals surface area (Å²) >= 11 is 0. The number of aromatic carboxylic acids is 1. The number of hydrogen-bond donors (Lipinski definition) is 2. The van der Waals surface area contributed by atoms with Crippen LogP contribution in [0.3, 0.4) is 0 Å². The molecule has 7 rings (SSSR count). The van der Waals surface area contributed by atoms with E-state index in [-0.39, 0.29) is 29.8 Å². The minimum Gasteiger partial charge on any atom is -0.478 e. The first-order valence-corrected chi connectivity index (χ1v) is 15.0. The summed E-state index contributed by atoms with van der Waals surface area (Å²) in [6, 6.07) is 17.2. The van der Waals surface area contributed by atoms with Crippen LogP contribution >= 0.6 is 0 Å². The maximum atomic E-state index is 12.1. The number of nitrogens with zero attached hydrogens (tertiary/aromatic N) is 3. The number of carbonyl (C=O) groups is 1. The smallest absolute Gasteiger partial charge is 0.339 e. The molecule has 42 heavy (non-hydrogen) atoms. The zero-order valence-electron chi connectivity index (χ0n) is 28.1. The number of H-pyrrole nitrogens is 1. The molecule has 2 N–H and O–H groups in total. The van der Waals surface area contributed by atoms with Crippen molar-refractivity contribution >= 4 is 22.7 Å². The van der Waals surface area contributed by atoms with Gasteiger partial charge in [0.25, 0.3) is 0 Å². The fourth-order valence-electron chi connectivity index (χ4n) is 7.17. The van der Waals surface area contributed by atoms with Gasteiger partial charge < -0.3 is 19.7 Å². The van der Waals surface area contributed by atoms with Crippen molar-refractivity contribution in [3.05, 3.63) is 83.7 Å². The van der Waals surface area contributed by atoms with E-state index in [1.807, 2.05) is 6.07 Å². The summed E-state index contributed by atoms with van der Waals surface area (Å²) < 4.78 is 42.7. The van der Waals surface area contributed by atoms with Crippen molar-refractivity contribution in [1.82, 2.24) is 14.9 Å². The van der Waals surface area contributed by atoms with Gasteiger partial charge in [0.05, 0.1) is 6.20 Å². The Kier molecular flexibility index (Phi) is 5.83. The van der Waals surface area contributed by atoms with E-state index < -0.39 is 24.4 Å². The first kappa shape index (κ1) is 22.7. The predicted molar refractivity (Wildman–Crippen MR) is 166 cm³/mol. The second-order valence-corrected chi connectivity index (χ2v) is 12.4. The van der Waals surface area contributed by atoms with Crippen LogP contribution in [0.4, 0.5) is 5.69 Å². The molecule has 2 aromatic carbocycles. The van der Waals surface area contributed by atoms with Crippen molar-refractivity contribution in [1.29, 1.82) is 0 Å². The van der Waals surface area contributed by atoms with E-state index in [2.05, 4.69) is 53.0 Å². The van der Waals surface area contributed by atoms with Gasteiger partial charge in [-0.3, -0.25) is 4.90 Å². The van der Waals surface area contributed by atoms with E-state index in [1.165, 1.54) is 40.4 Å². The molecule has 7 nitrogen and oxygen atoms in total. The summed E-state index contributed by atoms with van der Waals surface area (Å²) in [5.41, 5.74) is 3.13. The summed E-state index contributed by atoms with van der Waals surface area (Å²) in [6.45, 7) is 1.47. The van der Waals surface area contributed by atoms with Crippen molar-refractivity contribution in [2.75, 3.05) is 24.4 Å². The van der Waals surface area contributed by atoms with Crippen molar-refractivity contribution in [2.45, 2.75) is 70.4 Å². The Morgan fingerprint density at radius 2 is 1.95 bits per heavy atom. The monoisotopic (exact) mass is 568 g/mol. The maximum absolute atomic E-state index is 12.1. The molecule has 3 fully saturated rings. The van der Waals surface area contributed by atoms with Gasteiger partial charge >= 0.3 is 5.97 Å². The average Bonchev–Trinajstić information content (AvgIpc) is 3.64. The highest BCUT2D eigenvalue weighted by atomic mass is 16.5. The van der Waals surface area contributed by atoms with Gasteiger partial charge in [-0.2, -0.15) is 0 Å². The number of nitrogens with one attached hydrogen (secondary N) is 1. The molecular weight excluding hydrogens is 524 g/mol. The number of carboxylic acids is 1. The van der Waals surface area contributed by atoms with E-state index in [0.29, 0.717) is 29.4 Å². The van der Waals surface area contributed by atoms with E-state index in [0.717, 1.165) is 37.6 Å². The number of aromatic nitrogens is 2. The zero-order chi connectivity index (χ0) is 32.4. The Hall–Kier alpha value is -3.84. The lowest BCUT2D eigenvalue weighted by molar-refractivity contribution is -0.0227. The summed E-state index contributed by atoms with van der Waals surface area (Å²) in [5, 5.41) is 10.7. The SMILES string of the molecule is [2H]C1([2H])CC2(CC(N3CCC[C@H]3c3ccccc3C(C)C)C2)CC([2H])([2H])N1c1ccc(C(=O)O)c(Oc2cnc3[nH]ccc3c2)c1. The zero-order valence-corrected chi connectivity index (χ0v) is 24.1. The lowest BCUT2D eigenvalue weighted by Crippen LogP contribution is -2.54. The number of rotatable bonds is 7. The number of benzene rings is 2. The molecule has 2 aromatic heterocycles. The third-order valence-electron chi connectivity index (χ3n) is 9.36. The molecule has 2 aliphatic heterocycles. The van der Waals surface area contributed by atoms with Crippen LogP contribution < -0.4 is 9.64 Å². The highest BCUT2D eigenvalue weighted by Crippen LogP contribution is 2.54. The number of fused-ring (bicyclic) bond motifs is 1. The maximum Gasteiger partial charge on any atom is 0.339 e. The van der Waals surface area contributed by atoms with Gasteiger partial charge in [-0.05, 0) is 91.8 Å². The fraction of sp³-hybridized carbons (Fsp3) is 0.429. The number of hydrogen-bond acceptors (Lipinski definition) is 5. The van der Waals surface area contributed by atoms with Crippen LogP contribution in [-0.4, -0.2) is 51.5 Å². The topological polar surface area (TPSA) is 81.7 Å². The first-order valence-electron chi connectivity index (χ1n) is 17.0. The minimum atomic E-state index is -2.00. The van der Waals surface area contributed by atoms with Gasteiger partial charge in [0.2, 0.25) is 0 Å². The van der Waals surface area contributed by atoms with Crippen molar-refractivity contribution in [3.63, 3.8) is 0 Å². The normalized spacial score (nSPS) is 24.6. The van der Waals surface area contributed by atoms with Crippen molar-refractivity contribution in [2.24, 2.45) is 5.41 Å². The number of ether oxygens (including phenoxy) is 1. The molecule has 0 amide bonds. The van der Waals surface area contributed by atoms with Gasteiger partial charge in [0, 0.05) is 53.9 Å². The summed E-state index contributed by atoms with van der Waals surface area (Å²) in [4.78, 5) is 23.2. The molecule has 2 saturated heterocycles. The molecule has 3 aliphatic rings. The van der Waals surface area contributed by atoms with E-state index in [1.54, 1.807) is 12.3 Å². The molecule has 218 valence electrons. The van der Waals surface area contributed by atoms with E-state index in [4.69, 9.17) is 10.2 Å². The number of pyridine rings is 1. The Balaban J connectivity index is 1.12. The Morgan fingerprint density at radius 3 is 2.74 bits per heavy atom. The van der Waals surface area contributed by atoms with Crippen LogP contribution in [0, 0.1) is 5.41 Å². The molecule has 1 spiro atoms. The van der Waals surface area contributed by atoms with Crippen LogP contribution in [0.25, 0.3) is 11.0 Å². The van der Waals surface area contributed by atoms with Gasteiger partial charge in [0.15, 0.2) is 0 Å². The molecule has 0 bridgehead atoms. The van der Waals surface area contributed by atoms with Crippen LogP contribution in [0.2, 0.25) is 0 Å². The minimum absolute atomic E-state index is 0.000894. The largest absolute Gasteiger partial charge is 0.478 e. The molecule has 4 heterocycles. The van der Waals surface area contributed by atoms with Crippen LogP contribution in [0.1, 0.15) is 91.3 Å². The molecule has 0 unspecified atom stereocenters. The lowest BCUT2D eigenvalue weighted by atomic mass is 9.59. The molecular formula is C35H40N4O3. The number of likely N-dealkylation sites (tertiary alicyclic amines) is 1. The highest BCUT2D eigenvalue weighted by Gasteiger charge is 2.50. The Labute approximate surface area is 253 Å². The van der Waals surface area contributed by atoms with Gasteiger partial charge in [-0.1, -0.05) is 38.1 Å². The summed E-state index contributed by atoms with van der Waals surface area (Å²) in [5.74, 6) is -0.436. The second-order valence-electron chi connectivity index (χ2n) is 12.4. The quantitative estimate of drug-likeness (QED) is 0.237. The number of piperidine rings is 1. The standard InChI is InChI=1S/C35H40N4O3/c1-23(2)28-6-3-4-7-29(28)31-8-5-15-39(31)26-20-35(21-26)12-16-38(17-13-35)25-9-10-30(34(40)41)32(19-25)42-27-18-24-11-14-36-33(24)37-22-27/h3-4,6-7,9-11,14,18-19,22-23,26,31H,5,8,12-13,15-17,20-21H2,1-2H3,(H,36,37)(H,40,41)/t31-/m0/s1/i16D2,17D2. The average molecular weight is 569 g/mol. The summed E-state index contributed by atoms with van der Waals surface area (Å²) in [6.07, 6.45) is 7.39. The third-order valence-corrected chi connectivity index (χ3v) is 9.36. The number of anilines is 1. The number of aromatic amines is 1. The molecule has 4 aromatic rings. The molecule has 7 heteroatoms. The molecule has 1 atom stereocenters. The Bertz CT molecular complexity index is 1760. The van der Waals surface area contributed by atoms with E-state index in [9.17, 15) is 9.90 Å².